The van der Waals surface area contributed by atoms with Crippen molar-refractivity contribution in [1.29, 1.82) is 0 Å². The first-order valence-corrected chi connectivity index (χ1v) is 8.58. The molecule has 1 aromatic rings. The fourth-order valence-corrected chi connectivity index (χ4v) is 3.13. The molecule has 0 fully saturated rings. The summed E-state index contributed by atoms with van der Waals surface area (Å²) in [6.07, 6.45) is -0.224. The standard InChI is InChI=1S/C14H20NO7P/c1-21-23(20,8-7-12(15)14(18)19)22-11-4-2-3-10(9-11)5-6-13(16)17/h2-4,9,12H,5-8,15H2,1H3,(H,16,17)(H,18,19)/p-2. The average Bonchev–Trinajstić information content (AvgIpc) is 2.51. The van der Waals surface area contributed by atoms with E-state index in [4.69, 9.17) is 14.8 Å². The minimum absolute atomic E-state index is 0.127. The Morgan fingerprint density at radius 3 is 2.61 bits per heavy atom. The van der Waals surface area contributed by atoms with Gasteiger partial charge in [-0.25, -0.2) is 4.52 Å². The highest BCUT2D eigenvalue weighted by Crippen LogP contribution is 2.52. The number of hydrogen-bond donors (Lipinski definition) is 1. The van der Waals surface area contributed by atoms with Crippen LogP contribution in [0, 0.1) is 0 Å². The van der Waals surface area contributed by atoms with Gasteiger partial charge in [-0.3, -0.25) is 0 Å². The molecule has 1 aromatic carbocycles. The number of benzene rings is 1. The van der Waals surface area contributed by atoms with E-state index >= 15 is 0 Å². The van der Waals surface area contributed by atoms with E-state index in [0.717, 1.165) is 0 Å². The molecule has 0 aliphatic rings. The Balaban J connectivity index is 2.71. The van der Waals surface area contributed by atoms with E-state index in [2.05, 4.69) is 0 Å². The third-order valence-corrected chi connectivity index (χ3v) is 4.91. The molecule has 9 heteroatoms. The molecule has 2 unspecified atom stereocenters. The van der Waals surface area contributed by atoms with Gasteiger partial charge in [-0.15, -0.1) is 0 Å². The van der Waals surface area contributed by atoms with Crippen LogP contribution in [-0.2, 0) is 20.5 Å². The molecule has 0 radical (unpaired) electrons. The van der Waals surface area contributed by atoms with Crippen LogP contribution in [0.3, 0.4) is 0 Å². The van der Waals surface area contributed by atoms with Crippen molar-refractivity contribution in [3.05, 3.63) is 29.8 Å². The summed E-state index contributed by atoms with van der Waals surface area (Å²) in [5.41, 5.74) is 5.98. The molecule has 0 heterocycles. The minimum atomic E-state index is -3.57. The van der Waals surface area contributed by atoms with Crippen molar-refractivity contribution >= 4 is 19.9 Å². The van der Waals surface area contributed by atoms with E-state index in [9.17, 15) is 24.7 Å². The predicted octanol–water partition coefficient (Wildman–Crippen LogP) is -2.02. The summed E-state index contributed by atoms with van der Waals surface area (Å²) >= 11 is 0. The van der Waals surface area contributed by atoms with E-state index in [1.807, 2.05) is 0 Å². The highest BCUT2D eigenvalue weighted by atomic mass is 31.2. The lowest BCUT2D eigenvalue weighted by Gasteiger charge is -2.27. The number of carbonyl (C=O) groups is 2. The molecule has 2 N–H and O–H groups in total. The molecule has 128 valence electrons. The molecular formula is C14H18NO7P-2. The summed E-state index contributed by atoms with van der Waals surface area (Å²) in [5, 5.41) is 21.0. The number of aryl methyl sites for hydroxylation is 1. The Kier molecular flexibility index (Phi) is 7.38. The van der Waals surface area contributed by atoms with Crippen LogP contribution >= 0.6 is 7.94 Å². The number of aliphatic carboxylic acids is 2. The molecule has 0 saturated carbocycles. The first kappa shape index (κ1) is 19.3. The molecule has 0 saturated heterocycles. The molecule has 0 aliphatic heterocycles. The van der Waals surface area contributed by atoms with Gasteiger partial charge in [-0.05, 0) is 30.5 Å². The quantitative estimate of drug-likeness (QED) is 0.479. The summed E-state index contributed by atoms with van der Waals surface area (Å²) < 4.78 is 10.2. The van der Waals surface area contributed by atoms with Crippen molar-refractivity contribution in [2.45, 2.75) is 25.3 Å². The maximum atomic E-state index is 12.4. The Morgan fingerprint density at radius 2 is 2.04 bits per heavy atom. The first-order valence-electron chi connectivity index (χ1n) is 6.85. The zero-order chi connectivity index (χ0) is 17.5. The Morgan fingerprint density at radius 1 is 1.35 bits per heavy atom. The second-order valence-electron chi connectivity index (χ2n) is 4.84. The summed E-state index contributed by atoms with van der Waals surface area (Å²) in [7, 11) is -2.39. The number of hydrogen-bond acceptors (Lipinski definition) is 8. The average molecular weight is 343 g/mol. The van der Waals surface area contributed by atoms with Crippen molar-refractivity contribution < 1.29 is 33.7 Å². The van der Waals surface area contributed by atoms with Crippen LogP contribution in [0.2, 0.25) is 0 Å². The topological polar surface area (TPSA) is 148 Å². The zero-order valence-electron chi connectivity index (χ0n) is 12.6. The molecule has 0 aliphatic carbocycles. The van der Waals surface area contributed by atoms with Crippen molar-refractivity contribution in [3.63, 3.8) is 0 Å². The van der Waals surface area contributed by atoms with Crippen LogP contribution in [0.15, 0.2) is 24.3 Å². The van der Waals surface area contributed by atoms with Crippen molar-refractivity contribution in [2.75, 3.05) is 13.3 Å². The molecule has 0 aromatic heterocycles. The summed E-state index contributed by atoms with van der Waals surface area (Å²) in [6, 6.07) is 5.11. The molecule has 0 amide bonds. The second-order valence-corrected chi connectivity index (χ2v) is 7.06. The lowest BCUT2D eigenvalue weighted by molar-refractivity contribution is -0.308. The smallest absolute Gasteiger partial charge is 0.284 e. The van der Waals surface area contributed by atoms with Gasteiger partial charge in [0.15, 0.2) is 5.75 Å². The number of rotatable bonds is 10. The van der Waals surface area contributed by atoms with E-state index in [1.165, 1.54) is 19.2 Å². The fourth-order valence-electron chi connectivity index (χ4n) is 1.75. The van der Waals surface area contributed by atoms with Gasteiger partial charge in [0.05, 0.1) is 13.1 Å². The van der Waals surface area contributed by atoms with Crippen LogP contribution in [-0.4, -0.2) is 31.3 Å². The largest absolute Gasteiger partial charge is 0.624 e. The molecule has 1 rings (SSSR count). The van der Waals surface area contributed by atoms with Crippen molar-refractivity contribution in [2.24, 2.45) is 5.73 Å². The second kappa shape index (κ2) is 8.79. The van der Waals surface area contributed by atoms with Gasteiger partial charge in [-0.2, -0.15) is 0 Å². The normalized spacial score (nSPS) is 14.7. The summed E-state index contributed by atoms with van der Waals surface area (Å²) in [6.45, 7) is 0. The fraction of sp³-hybridized carbons (Fsp3) is 0.429. The molecule has 2 atom stereocenters. The highest BCUT2D eigenvalue weighted by Gasteiger charge is 2.31. The lowest BCUT2D eigenvalue weighted by atomic mass is 10.1. The molecule has 8 nitrogen and oxygen atoms in total. The maximum absolute atomic E-state index is 12.4. The van der Waals surface area contributed by atoms with Gasteiger partial charge in [0.25, 0.3) is 7.94 Å². The lowest BCUT2D eigenvalue weighted by Crippen LogP contribution is -2.43. The van der Waals surface area contributed by atoms with Crippen LogP contribution in [0.1, 0.15) is 18.4 Å². The third kappa shape index (κ3) is 6.92. The number of nitrogens with two attached hydrogens (primary N) is 1. The van der Waals surface area contributed by atoms with Gasteiger partial charge in [0.1, 0.15) is 6.16 Å². The Labute approximate surface area is 134 Å². The number of carboxylic acid groups (broad SMARTS) is 2. The Bertz CT molecular complexity index is 554. The van der Waals surface area contributed by atoms with Gasteiger partial charge in [-0.1, -0.05) is 12.1 Å². The van der Waals surface area contributed by atoms with Crippen molar-refractivity contribution in [1.82, 2.24) is 0 Å². The molecule has 0 spiro atoms. The van der Waals surface area contributed by atoms with E-state index in [-0.39, 0.29) is 31.2 Å². The monoisotopic (exact) mass is 343 g/mol. The third-order valence-electron chi connectivity index (χ3n) is 3.06. The van der Waals surface area contributed by atoms with Gasteiger partial charge >= 0.3 is 0 Å². The molecule has 0 bridgehead atoms. The van der Waals surface area contributed by atoms with Gasteiger partial charge in [0, 0.05) is 18.4 Å². The molecule has 23 heavy (non-hydrogen) atoms. The predicted molar refractivity (Wildman–Crippen MR) is 76.8 cm³/mol. The van der Waals surface area contributed by atoms with E-state index in [0.29, 0.717) is 5.56 Å². The minimum Gasteiger partial charge on any atom is -0.624 e. The highest BCUT2D eigenvalue weighted by molar-refractivity contribution is 7.59. The van der Waals surface area contributed by atoms with E-state index in [1.54, 1.807) is 12.1 Å². The number of carbonyl (C=O) groups excluding carboxylic acids is 2. The zero-order valence-corrected chi connectivity index (χ0v) is 13.5. The van der Waals surface area contributed by atoms with E-state index < -0.39 is 25.9 Å². The van der Waals surface area contributed by atoms with Crippen LogP contribution in [0.5, 0.6) is 5.75 Å². The molecular weight excluding hydrogens is 325 g/mol. The Hall–Kier alpha value is -1.73. The van der Waals surface area contributed by atoms with Crippen LogP contribution in [0.25, 0.3) is 0 Å². The SMILES string of the molecule is CO[P+]([O-])(CCC(N)C(=O)[O-])Oc1cccc(CCC(=O)[O-])c1. The van der Waals surface area contributed by atoms with Crippen molar-refractivity contribution in [3.8, 4) is 5.75 Å². The summed E-state index contributed by atoms with van der Waals surface area (Å²) in [4.78, 5) is 33.5. The van der Waals surface area contributed by atoms with Crippen LogP contribution < -0.4 is 25.4 Å². The van der Waals surface area contributed by atoms with Gasteiger partial charge < -0.3 is 35.0 Å². The first-order chi connectivity index (χ1) is 10.8. The summed E-state index contributed by atoms with van der Waals surface area (Å²) in [5.74, 6) is -2.39. The van der Waals surface area contributed by atoms with Crippen LogP contribution in [0.4, 0.5) is 0 Å². The maximum Gasteiger partial charge on any atom is 0.284 e. The number of carboxylic acids is 2. The van der Waals surface area contributed by atoms with Gasteiger partial charge in [0.2, 0.25) is 0 Å².